The molecule has 0 atom stereocenters. The highest BCUT2D eigenvalue weighted by atomic mass is 32.2. The van der Waals surface area contributed by atoms with Crippen molar-refractivity contribution in [1.82, 2.24) is 0 Å². The first-order valence-corrected chi connectivity index (χ1v) is 6.91. The zero-order chi connectivity index (χ0) is 13.5. The molecule has 0 spiro atoms. The van der Waals surface area contributed by atoms with Crippen LogP contribution in [0.3, 0.4) is 0 Å². The first kappa shape index (κ1) is 14.8. The van der Waals surface area contributed by atoms with Gasteiger partial charge in [0.05, 0.1) is 0 Å². The largest absolute Gasteiger partial charge is 0.478 e. The van der Waals surface area contributed by atoms with Crippen molar-refractivity contribution in [3.05, 3.63) is 41.2 Å². The van der Waals surface area contributed by atoms with Gasteiger partial charge in [-0.1, -0.05) is 26.0 Å². The molecule has 0 radical (unpaired) electrons. The summed E-state index contributed by atoms with van der Waals surface area (Å²) >= 11 is 1.70. The number of benzene rings is 1. The van der Waals surface area contributed by atoms with Gasteiger partial charge in [-0.05, 0) is 34.9 Å². The molecule has 0 unspecified atom stereocenters. The molecule has 18 heavy (non-hydrogen) atoms. The van der Waals surface area contributed by atoms with Gasteiger partial charge in [-0.3, -0.25) is 0 Å². The second kappa shape index (κ2) is 7.21. The molecular formula is C14H17FO2S. The molecule has 0 aliphatic heterocycles. The van der Waals surface area contributed by atoms with Gasteiger partial charge in [0.25, 0.3) is 0 Å². The van der Waals surface area contributed by atoms with Gasteiger partial charge in [0.1, 0.15) is 5.82 Å². The summed E-state index contributed by atoms with van der Waals surface area (Å²) in [5.74, 6) is 0.925. The summed E-state index contributed by atoms with van der Waals surface area (Å²) in [6.07, 6.45) is 2.39. The van der Waals surface area contributed by atoms with Crippen molar-refractivity contribution in [3.63, 3.8) is 0 Å². The maximum Gasteiger partial charge on any atom is 0.328 e. The SMILES string of the molecule is CC(C)CSCc1ccc(C=CC(=O)O)cc1F. The number of hydrogen-bond donors (Lipinski definition) is 1. The number of carboxylic acid groups (broad SMARTS) is 1. The zero-order valence-electron chi connectivity index (χ0n) is 10.5. The lowest BCUT2D eigenvalue weighted by Gasteiger charge is -2.06. The fraction of sp³-hybridized carbons (Fsp3) is 0.357. The van der Waals surface area contributed by atoms with Gasteiger partial charge < -0.3 is 5.11 Å². The summed E-state index contributed by atoms with van der Waals surface area (Å²) in [7, 11) is 0. The lowest BCUT2D eigenvalue weighted by Crippen LogP contribution is -1.94. The first-order valence-electron chi connectivity index (χ1n) is 5.76. The predicted octanol–water partition coefficient (Wildman–Crippen LogP) is 3.81. The second-order valence-corrected chi connectivity index (χ2v) is 5.46. The van der Waals surface area contributed by atoms with Crippen molar-refractivity contribution in [2.24, 2.45) is 5.92 Å². The van der Waals surface area contributed by atoms with Crippen molar-refractivity contribution >= 4 is 23.8 Å². The number of halogens is 1. The van der Waals surface area contributed by atoms with Gasteiger partial charge in [0.2, 0.25) is 0 Å². The molecule has 1 aromatic carbocycles. The van der Waals surface area contributed by atoms with Crippen molar-refractivity contribution in [2.75, 3.05) is 5.75 Å². The zero-order valence-corrected chi connectivity index (χ0v) is 11.3. The predicted molar refractivity (Wildman–Crippen MR) is 74.1 cm³/mol. The van der Waals surface area contributed by atoms with E-state index < -0.39 is 5.97 Å². The van der Waals surface area contributed by atoms with Gasteiger partial charge in [-0.15, -0.1) is 0 Å². The molecule has 0 aliphatic rings. The quantitative estimate of drug-likeness (QED) is 0.797. The third kappa shape index (κ3) is 5.36. The van der Waals surface area contributed by atoms with Crippen molar-refractivity contribution in [1.29, 1.82) is 0 Å². The minimum absolute atomic E-state index is 0.279. The van der Waals surface area contributed by atoms with Crippen molar-refractivity contribution in [2.45, 2.75) is 19.6 Å². The van der Waals surface area contributed by atoms with E-state index in [0.29, 0.717) is 22.8 Å². The van der Waals surface area contributed by atoms with Crippen LogP contribution in [0.25, 0.3) is 6.08 Å². The van der Waals surface area contributed by atoms with Crippen LogP contribution in [0.5, 0.6) is 0 Å². The Morgan fingerprint density at radius 3 is 2.78 bits per heavy atom. The van der Waals surface area contributed by atoms with Crippen molar-refractivity contribution < 1.29 is 14.3 Å². The Bertz CT molecular complexity index is 441. The van der Waals surface area contributed by atoms with Gasteiger partial charge >= 0.3 is 5.97 Å². The lowest BCUT2D eigenvalue weighted by atomic mass is 10.1. The highest BCUT2D eigenvalue weighted by Gasteiger charge is 2.04. The smallest absolute Gasteiger partial charge is 0.328 e. The van der Waals surface area contributed by atoms with Crippen LogP contribution in [0.2, 0.25) is 0 Å². The van der Waals surface area contributed by atoms with Crippen LogP contribution in [0.1, 0.15) is 25.0 Å². The summed E-state index contributed by atoms with van der Waals surface area (Å²) in [4.78, 5) is 10.3. The normalized spacial score (nSPS) is 11.3. The molecule has 4 heteroatoms. The Balaban J connectivity index is 2.65. The number of thioether (sulfide) groups is 1. The summed E-state index contributed by atoms with van der Waals surface area (Å²) in [5.41, 5.74) is 1.22. The fourth-order valence-electron chi connectivity index (χ4n) is 1.36. The molecule has 1 rings (SSSR count). The average Bonchev–Trinajstić information content (AvgIpc) is 2.28. The molecular weight excluding hydrogens is 251 g/mol. The van der Waals surface area contributed by atoms with E-state index in [2.05, 4.69) is 13.8 Å². The standard InChI is InChI=1S/C14H17FO2S/c1-10(2)8-18-9-12-5-3-11(7-13(12)15)4-6-14(16)17/h3-7,10H,8-9H2,1-2H3,(H,16,17). The monoisotopic (exact) mass is 268 g/mol. The lowest BCUT2D eigenvalue weighted by molar-refractivity contribution is -0.131. The molecule has 2 nitrogen and oxygen atoms in total. The molecule has 0 aliphatic carbocycles. The molecule has 0 saturated heterocycles. The molecule has 0 aromatic heterocycles. The Labute approximate surface area is 111 Å². The summed E-state index contributed by atoms with van der Waals surface area (Å²) in [6, 6.07) is 4.81. The van der Waals surface area contributed by atoms with E-state index in [-0.39, 0.29) is 5.82 Å². The van der Waals surface area contributed by atoms with Crippen LogP contribution >= 0.6 is 11.8 Å². The highest BCUT2D eigenvalue weighted by Crippen LogP contribution is 2.19. The first-order chi connectivity index (χ1) is 8.49. The molecule has 0 amide bonds. The molecule has 1 aromatic rings. The number of hydrogen-bond acceptors (Lipinski definition) is 2. The molecule has 0 saturated carbocycles. The molecule has 0 heterocycles. The van der Waals surface area contributed by atoms with Crippen LogP contribution in [-0.4, -0.2) is 16.8 Å². The Kier molecular flexibility index (Phi) is 5.92. The molecule has 0 bridgehead atoms. The fourth-order valence-corrected chi connectivity index (χ4v) is 2.40. The Hall–Kier alpha value is -1.29. The van der Waals surface area contributed by atoms with Crippen molar-refractivity contribution in [3.8, 4) is 0 Å². The minimum atomic E-state index is -1.04. The number of carboxylic acids is 1. The van der Waals surface area contributed by atoms with E-state index in [4.69, 9.17) is 5.11 Å². The Morgan fingerprint density at radius 1 is 1.50 bits per heavy atom. The highest BCUT2D eigenvalue weighted by molar-refractivity contribution is 7.98. The van der Waals surface area contributed by atoms with E-state index >= 15 is 0 Å². The van der Waals surface area contributed by atoms with Crippen LogP contribution < -0.4 is 0 Å². The molecule has 1 N–H and O–H groups in total. The number of aliphatic carboxylic acids is 1. The number of carbonyl (C=O) groups is 1. The molecule has 98 valence electrons. The van der Waals surface area contributed by atoms with Gasteiger partial charge in [-0.2, -0.15) is 11.8 Å². The topological polar surface area (TPSA) is 37.3 Å². The van der Waals surface area contributed by atoms with E-state index in [9.17, 15) is 9.18 Å². The second-order valence-electron chi connectivity index (χ2n) is 4.43. The van der Waals surface area contributed by atoms with E-state index in [1.165, 1.54) is 12.1 Å². The third-order valence-electron chi connectivity index (χ3n) is 2.20. The Morgan fingerprint density at radius 2 is 2.22 bits per heavy atom. The van der Waals surface area contributed by atoms with Crippen LogP contribution in [-0.2, 0) is 10.5 Å². The third-order valence-corrected chi connectivity index (χ3v) is 3.62. The van der Waals surface area contributed by atoms with Gasteiger partial charge in [0, 0.05) is 11.8 Å². The van der Waals surface area contributed by atoms with E-state index in [0.717, 1.165) is 11.8 Å². The van der Waals surface area contributed by atoms with Gasteiger partial charge in [0.15, 0.2) is 0 Å². The maximum atomic E-state index is 13.7. The van der Waals surface area contributed by atoms with E-state index in [1.54, 1.807) is 23.9 Å². The minimum Gasteiger partial charge on any atom is -0.478 e. The van der Waals surface area contributed by atoms with Crippen LogP contribution in [0.4, 0.5) is 4.39 Å². The summed E-state index contributed by atoms with van der Waals surface area (Å²) in [5, 5.41) is 8.48. The van der Waals surface area contributed by atoms with Crippen LogP contribution in [0, 0.1) is 11.7 Å². The van der Waals surface area contributed by atoms with Crippen LogP contribution in [0.15, 0.2) is 24.3 Å². The van der Waals surface area contributed by atoms with E-state index in [1.807, 2.05) is 0 Å². The number of rotatable bonds is 6. The molecule has 0 fully saturated rings. The van der Waals surface area contributed by atoms with Gasteiger partial charge in [-0.25, -0.2) is 9.18 Å². The maximum absolute atomic E-state index is 13.7. The summed E-state index contributed by atoms with van der Waals surface area (Å²) < 4.78 is 13.7. The average molecular weight is 268 g/mol. The summed E-state index contributed by atoms with van der Waals surface area (Å²) in [6.45, 7) is 4.26.